The molecule has 0 aromatic heterocycles. The summed E-state index contributed by atoms with van der Waals surface area (Å²) in [6.45, 7) is 0. The molecule has 0 amide bonds. The minimum absolute atomic E-state index is 0.106. The predicted molar refractivity (Wildman–Crippen MR) is 48.6 cm³/mol. The molecule has 0 saturated carbocycles. The fourth-order valence-corrected chi connectivity index (χ4v) is 1.76. The summed E-state index contributed by atoms with van der Waals surface area (Å²) in [6, 6.07) is 3.38. The molecule has 5 heteroatoms. The second-order valence-corrected chi connectivity index (χ2v) is 3.42. The molecule has 0 saturated heterocycles. The van der Waals surface area contributed by atoms with E-state index in [1.165, 1.54) is 6.07 Å². The third kappa shape index (κ3) is 1.69. The fourth-order valence-electron chi connectivity index (χ4n) is 1.76. The Morgan fingerprint density at radius 3 is 2.73 bits per heavy atom. The Morgan fingerprint density at radius 1 is 1.40 bits per heavy atom. The average Bonchev–Trinajstić information content (AvgIpc) is 2.57. The number of rotatable bonds is 1. The smallest absolute Gasteiger partial charge is 0.375 e. The third-order valence-electron chi connectivity index (χ3n) is 2.41. The molecule has 0 radical (unpaired) electrons. The molecular formula is C10H8F3NO. The monoisotopic (exact) mass is 215 g/mol. The summed E-state index contributed by atoms with van der Waals surface area (Å²) in [4.78, 5) is 10.5. The summed E-state index contributed by atoms with van der Waals surface area (Å²) >= 11 is 0. The maximum absolute atomic E-state index is 12.6. The highest BCUT2D eigenvalue weighted by Gasteiger charge is 2.36. The average molecular weight is 215 g/mol. The Kier molecular flexibility index (Phi) is 2.17. The lowest BCUT2D eigenvalue weighted by Gasteiger charge is -2.10. The summed E-state index contributed by atoms with van der Waals surface area (Å²) in [5.74, 6) is 0. The molecule has 0 aliphatic carbocycles. The van der Waals surface area contributed by atoms with Gasteiger partial charge in [-0.1, -0.05) is 6.07 Å². The number of hydrogen-bond acceptors (Lipinski definition) is 2. The van der Waals surface area contributed by atoms with Crippen LogP contribution in [0.1, 0.15) is 11.1 Å². The predicted octanol–water partition coefficient (Wildman–Crippen LogP) is 2.24. The molecule has 1 heterocycles. The Bertz CT molecular complexity index is 400. The van der Waals surface area contributed by atoms with E-state index < -0.39 is 17.8 Å². The molecule has 0 fully saturated rings. The molecule has 0 spiro atoms. The van der Waals surface area contributed by atoms with Gasteiger partial charge in [0, 0.05) is 12.1 Å². The van der Waals surface area contributed by atoms with Crippen LogP contribution in [0.2, 0.25) is 0 Å². The number of carbonyl (C=O) groups excluding carboxylic acids is 1. The van der Waals surface area contributed by atoms with Crippen LogP contribution in [0.4, 0.5) is 18.9 Å². The summed E-state index contributed by atoms with van der Waals surface area (Å²) in [5, 5.41) is 2.73. The lowest BCUT2D eigenvalue weighted by Crippen LogP contribution is -2.16. The van der Waals surface area contributed by atoms with Gasteiger partial charge in [0.15, 0.2) is 0 Å². The zero-order chi connectivity index (χ0) is 11.1. The highest BCUT2D eigenvalue weighted by Crippen LogP contribution is 2.38. The van der Waals surface area contributed by atoms with Crippen molar-refractivity contribution in [1.29, 1.82) is 0 Å². The molecular weight excluding hydrogens is 207 g/mol. The standard InChI is InChI=1S/C10H8F3NO/c11-10(12,13)8-2-1-3-9-7(8)4-6(5-15)14-9/h1-3,5-6,14H,4H2. The molecule has 1 aromatic carbocycles. The first-order valence-corrected chi connectivity index (χ1v) is 4.43. The van der Waals surface area contributed by atoms with Crippen LogP contribution < -0.4 is 5.32 Å². The molecule has 80 valence electrons. The van der Waals surface area contributed by atoms with Crippen molar-refractivity contribution < 1.29 is 18.0 Å². The topological polar surface area (TPSA) is 29.1 Å². The zero-order valence-corrected chi connectivity index (χ0v) is 7.64. The second-order valence-electron chi connectivity index (χ2n) is 3.42. The van der Waals surface area contributed by atoms with Crippen LogP contribution in [0.25, 0.3) is 0 Å². The lowest BCUT2D eigenvalue weighted by molar-refractivity contribution is -0.138. The van der Waals surface area contributed by atoms with E-state index in [1.807, 2.05) is 0 Å². The molecule has 1 aromatic rings. The van der Waals surface area contributed by atoms with E-state index in [1.54, 1.807) is 6.07 Å². The SMILES string of the molecule is O=CC1Cc2c(cccc2C(F)(F)F)N1. The van der Waals surface area contributed by atoms with Crippen molar-refractivity contribution in [3.05, 3.63) is 29.3 Å². The Balaban J connectivity index is 2.46. The Morgan fingerprint density at radius 2 is 2.13 bits per heavy atom. The number of nitrogens with one attached hydrogen (secondary N) is 1. The van der Waals surface area contributed by atoms with E-state index in [4.69, 9.17) is 0 Å². The number of halogens is 3. The number of carbonyl (C=O) groups is 1. The van der Waals surface area contributed by atoms with Gasteiger partial charge in [-0.25, -0.2) is 0 Å². The van der Waals surface area contributed by atoms with Gasteiger partial charge in [-0.15, -0.1) is 0 Å². The second kappa shape index (κ2) is 3.25. The van der Waals surface area contributed by atoms with Crippen LogP contribution in [0.15, 0.2) is 18.2 Å². The molecule has 1 atom stereocenters. The van der Waals surface area contributed by atoms with Gasteiger partial charge in [0.2, 0.25) is 0 Å². The van der Waals surface area contributed by atoms with Gasteiger partial charge >= 0.3 is 6.18 Å². The summed E-state index contributed by atoms with van der Waals surface area (Å²) in [7, 11) is 0. The molecule has 1 aliphatic heterocycles. The van der Waals surface area contributed by atoms with Gasteiger partial charge in [0.05, 0.1) is 11.6 Å². The van der Waals surface area contributed by atoms with Crippen LogP contribution in [-0.4, -0.2) is 12.3 Å². The van der Waals surface area contributed by atoms with Crippen LogP contribution in [0.5, 0.6) is 0 Å². The van der Waals surface area contributed by atoms with Gasteiger partial charge in [-0.05, 0) is 17.7 Å². The van der Waals surface area contributed by atoms with Crippen molar-refractivity contribution >= 4 is 12.0 Å². The van der Waals surface area contributed by atoms with Gasteiger partial charge in [0.25, 0.3) is 0 Å². The number of anilines is 1. The molecule has 1 N–H and O–H groups in total. The summed E-state index contributed by atoms with van der Waals surface area (Å²) in [5.41, 5.74) is -0.0686. The normalized spacial score (nSPS) is 19.5. The van der Waals surface area contributed by atoms with Crippen molar-refractivity contribution in [3.63, 3.8) is 0 Å². The van der Waals surface area contributed by atoms with E-state index in [2.05, 4.69) is 5.32 Å². The Labute approximate surface area is 84.1 Å². The van der Waals surface area contributed by atoms with E-state index in [9.17, 15) is 18.0 Å². The van der Waals surface area contributed by atoms with E-state index in [0.29, 0.717) is 12.0 Å². The van der Waals surface area contributed by atoms with Gasteiger partial charge in [0.1, 0.15) is 6.29 Å². The Hall–Kier alpha value is -1.52. The molecule has 0 bridgehead atoms. The number of hydrogen-bond donors (Lipinski definition) is 1. The molecule has 15 heavy (non-hydrogen) atoms. The minimum Gasteiger partial charge on any atom is -0.375 e. The maximum atomic E-state index is 12.6. The molecule has 1 unspecified atom stereocenters. The lowest BCUT2D eigenvalue weighted by atomic mass is 10.0. The number of alkyl halides is 3. The molecule has 2 rings (SSSR count). The number of aldehydes is 1. The van der Waals surface area contributed by atoms with Crippen molar-refractivity contribution in [2.75, 3.05) is 5.32 Å². The molecule has 1 aliphatic rings. The molecule has 2 nitrogen and oxygen atoms in total. The minimum atomic E-state index is -4.36. The summed E-state index contributed by atoms with van der Waals surface area (Å²) in [6.07, 6.45) is -3.63. The fraction of sp³-hybridized carbons (Fsp3) is 0.300. The van der Waals surface area contributed by atoms with Crippen molar-refractivity contribution in [2.24, 2.45) is 0 Å². The number of fused-ring (bicyclic) bond motifs is 1. The largest absolute Gasteiger partial charge is 0.416 e. The van der Waals surface area contributed by atoms with Crippen LogP contribution in [0, 0.1) is 0 Å². The van der Waals surface area contributed by atoms with Gasteiger partial charge in [-0.3, -0.25) is 0 Å². The highest BCUT2D eigenvalue weighted by atomic mass is 19.4. The summed E-state index contributed by atoms with van der Waals surface area (Å²) < 4.78 is 37.7. The number of benzene rings is 1. The quantitative estimate of drug-likeness (QED) is 0.728. The van der Waals surface area contributed by atoms with Crippen LogP contribution in [-0.2, 0) is 17.4 Å². The van der Waals surface area contributed by atoms with Crippen molar-refractivity contribution in [2.45, 2.75) is 18.6 Å². The van der Waals surface area contributed by atoms with E-state index in [-0.39, 0.29) is 12.0 Å². The van der Waals surface area contributed by atoms with E-state index >= 15 is 0 Å². The highest BCUT2D eigenvalue weighted by molar-refractivity contribution is 5.72. The maximum Gasteiger partial charge on any atom is 0.416 e. The first kappa shape index (κ1) is 10.0. The zero-order valence-electron chi connectivity index (χ0n) is 7.64. The van der Waals surface area contributed by atoms with Crippen LogP contribution >= 0.6 is 0 Å². The van der Waals surface area contributed by atoms with E-state index in [0.717, 1.165) is 6.07 Å². The first-order valence-electron chi connectivity index (χ1n) is 4.43. The van der Waals surface area contributed by atoms with Crippen molar-refractivity contribution in [3.8, 4) is 0 Å². The van der Waals surface area contributed by atoms with Gasteiger partial charge < -0.3 is 10.1 Å². The third-order valence-corrected chi connectivity index (χ3v) is 2.41. The first-order chi connectivity index (χ1) is 7.02. The van der Waals surface area contributed by atoms with Crippen LogP contribution in [0.3, 0.4) is 0 Å². The van der Waals surface area contributed by atoms with Crippen molar-refractivity contribution in [1.82, 2.24) is 0 Å². The van der Waals surface area contributed by atoms with Gasteiger partial charge in [-0.2, -0.15) is 13.2 Å².